The number of carbonyl (C=O) groups excluding carboxylic acids is 3. The van der Waals surface area contributed by atoms with E-state index in [2.05, 4.69) is 5.32 Å². The number of hydrogen-bond acceptors (Lipinski definition) is 10. The van der Waals surface area contributed by atoms with Gasteiger partial charge in [0.1, 0.15) is 11.8 Å². The van der Waals surface area contributed by atoms with E-state index in [9.17, 15) is 44.1 Å². The van der Waals surface area contributed by atoms with Crippen LogP contribution in [0, 0.1) is 0 Å². The monoisotopic (exact) mass is 586 g/mol. The number of ketones is 1. The van der Waals surface area contributed by atoms with E-state index in [1.807, 2.05) is 4.90 Å². The molecule has 0 radical (unpaired) electrons. The Balaban J connectivity index is 2.92. The Morgan fingerprint density at radius 3 is 1.63 bits per heavy atom. The molecular formula is C26H46N6O9. The first-order valence-electron chi connectivity index (χ1n) is 14.0. The highest BCUT2D eigenvalue weighted by molar-refractivity contribution is 5.78. The Bertz CT molecular complexity index is 856. The molecule has 0 aromatic rings. The van der Waals surface area contributed by atoms with Crippen LogP contribution >= 0.6 is 0 Å². The first-order valence-corrected chi connectivity index (χ1v) is 14.0. The van der Waals surface area contributed by atoms with Crippen molar-refractivity contribution in [1.29, 1.82) is 0 Å². The van der Waals surface area contributed by atoms with Crippen molar-refractivity contribution < 1.29 is 44.1 Å². The Labute approximate surface area is 240 Å². The number of amides is 2. The Morgan fingerprint density at radius 2 is 1.20 bits per heavy atom. The number of Topliss-reactive ketones (excluding diaryl/α,β-unsaturated/α-hetero) is 1. The number of nitrogens with one attached hydrogen (secondary N) is 1. The van der Waals surface area contributed by atoms with Crippen molar-refractivity contribution >= 4 is 35.5 Å². The van der Waals surface area contributed by atoms with E-state index in [-0.39, 0.29) is 76.3 Å². The Morgan fingerprint density at radius 1 is 0.707 bits per heavy atom. The molecule has 1 rings (SSSR count). The highest BCUT2D eigenvalue weighted by atomic mass is 16.4. The number of carboxylic acids is 3. The molecule has 0 bridgehead atoms. The molecule has 1 saturated heterocycles. The molecule has 1 aliphatic heterocycles. The summed E-state index contributed by atoms with van der Waals surface area (Å²) in [6.45, 7) is 3.75. The fourth-order valence-electron chi connectivity index (χ4n) is 4.68. The zero-order valence-electron chi connectivity index (χ0n) is 24.0. The summed E-state index contributed by atoms with van der Waals surface area (Å²) in [5, 5.41) is 31.5. The third kappa shape index (κ3) is 17.3. The van der Waals surface area contributed by atoms with Crippen LogP contribution in [0.5, 0.6) is 0 Å². The van der Waals surface area contributed by atoms with Crippen LogP contribution in [0.2, 0.25) is 0 Å². The topological polar surface area (TPSA) is 214 Å². The number of carboxylic acid groups (broad SMARTS) is 3. The Kier molecular flexibility index (Phi) is 17.4. The van der Waals surface area contributed by atoms with Crippen molar-refractivity contribution in [1.82, 2.24) is 24.9 Å². The van der Waals surface area contributed by atoms with Gasteiger partial charge < -0.3 is 26.4 Å². The van der Waals surface area contributed by atoms with Gasteiger partial charge in [-0.3, -0.25) is 48.4 Å². The number of rotatable bonds is 17. The molecule has 0 aliphatic carbocycles. The van der Waals surface area contributed by atoms with Gasteiger partial charge in [-0.1, -0.05) is 6.42 Å². The molecule has 1 unspecified atom stereocenters. The van der Waals surface area contributed by atoms with Gasteiger partial charge in [0.25, 0.3) is 0 Å². The van der Waals surface area contributed by atoms with Gasteiger partial charge in [0, 0.05) is 71.7 Å². The van der Waals surface area contributed by atoms with Crippen LogP contribution in [-0.2, 0) is 28.8 Å². The normalized spacial score (nSPS) is 17.6. The van der Waals surface area contributed by atoms with Gasteiger partial charge in [-0.2, -0.15) is 0 Å². The van der Waals surface area contributed by atoms with Gasteiger partial charge in [-0.05, 0) is 26.2 Å². The average Bonchev–Trinajstić information content (AvgIpc) is 2.86. The fourth-order valence-corrected chi connectivity index (χ4v) is 4.68. The number of hydrogen-bond donors (Lipinski definition) is 5. The second kappa shape index (κ2) is 19.9. The predicted octanol–water partition coefficient (Wildman–Crippen LogP) is -1.64. The van der Waals surface area contributed by atoms with Crippen molar-refractivity contribution in [2.45, 2.75) is 51.5 Å². The van der Waals surface area contributed by atoms with Gasteiger partial charge in [-0.15, -0.1) is 0 Å². The number of primary amides is 1. The van der Waals surface area contributed by atoms with E-state index in [0.29, 0.717) is 52.0 Å². The second-order valence-electron chi connectivity index (χ2n) is 10.4. The molecule has 1 heterocycles. The SMILES string of the molecule is CC(=O)CN1CCN(CC(=O)O)CCN(CC(=O)O)CCN(C(CCC(=O)NCCCCCC(N)=O)C(=O)O)CC1. The van der Waals surface area contributed by atoms with Crippen molar-refractivity contribution in [3.8, 4) is 0 Å². The highest BCUT2D eigenvalue weighted by Crippen LogP contribution is 2.11. The molecule has 0 spiro atoms. The molecule has 15 heteroatoms. The number of aliphatic carboxylic acids is 3. The standard InChI is InChI=1S/C26H46N6O9/c1-20(33)17-29-9-10-30(18-24(36)37)11-12-31(19-25(38)39)14-16-32(15-13-29)21(26(40)41)6-7-23(35)28-8-4-2-3-5-22(27)34/h21H,2-19H2,1H3,(H2,27,34)(H,28,35)(H,36,37)(H,38,39)(H,40,41). The molecule has 15 nitrogen and oxygen atoms in total. The molecular weight excluding hydrogens is 540 g/mol. The van der Waals surface area contributed by atoms with Gasteiger partial charge >= 0.3 is 17.9 Å². The van der Waals surface area contributed by atoms with Crippen LogP contribution < -0.4 is 11.1 Å². The third-order valence-corrected chi connectivity index (χ3v) is 6.83. The minimum Gasteiger partial charge on any atom is -0.480 e. The quantitative estimate of drug-likeness (QED) is 0.121. The first kappa shape index (κ1) is 35.9. The maximum Gasteiger partial charge on any atom is 0.320 e. The van der Waals surface area contributed by atoms with E-state index < -0.39 is 23.9 Å². The lowest BCUT2D eigenvalue weighted by Gasteiger charge is -2.35. The largest absolute Gasteiger partial charge is 0.480 e. The third-order valence-electron chi connectivity index (χ3n) is 6.83. The molecule has 41 heavy (non-hydrogen) atoms. The smallest absolute Gasteiger partial charge is 0.320 e. The molecule has 1 atom stereocenters. The van der Waals surface area contributed by atoms with E-state index in [4.69, 9.17) is 5.73 Å². The molecule has 6 N–H and O–H groups in total. The van der Waals surface area contributed by atoms with Crippen LogP contribution in [0.3, 0.4) is 0 Å². The van der Waals surface area contributed by atoms with Crippen LogP contribution in [0.4, 0.5) is 0 Å². The van der Waals surface area contributed by atoms with E-state index in [1.54, 1.807) is 14.7 Å². The van der Waals surface area contributed by atoms with Crippen molar-refractivity contribution in [3.05, 3.63) is 0 Å². The molecule has 1 fully saturated rings. The van der Waals surface area contributed by atoms with Crippen molar-refractivity contribution in [2.24, 2.45) is 5.73 Å². The lowest BCUT2D eigenvalue weighted by Crippen LogP contribution is -2.52. The van der Waals surface area contributed by atoms with Crippen LogP contribution in [0.25, 0.3) is 0 Å². The minimum absolute atomic E-state index is 0.0189. The molecule has 1 aliphatic rings. The predicted molar refractivity (Wildman–Crippen MR) is 148 cm³/mol. The fraction of sp³-hybridized carbons (Fsp3) is 0.769. The molecule has 0 aromatic heterocycles. The number of carbonyl (C=O) groups is 6. The number of nitrogens with zero attached hydrogens (tertiary/aromatic N) is 4. The summed E-state index contributed by atoms with van der Waals surface area (Å²) in [4.78, 5) is 77.1. The van der Waals surface area contributed by atoms with Gasteiger partial charge in [-0.25, -0.2) is 0 Å². The molecule has 0 aromatic carbocycles. The molecule has 234 valence electrons. The lowest BCUT2D eigenvalue weighted by atomic mass is 10.1. The zero-order valence-corrected chi connectivity index (χ0v) is 24.0. The van der Waals surface area contributed by atoms with Gasteiger partial charge in [0.2, 0.25) is 11.8 Å². The molecule has 0 saturated carbocycles. The average molecular weight is 587 g/mol. The summed E-state index contributed by atoms with van der Waals surface area (Å²) in [5.41, 5.74) is 5.11. The summed E-state index contributed by atoms with van der Waals surface area (Å²) >= 11 is 0. The Hall–Kier alpha value is -3.14. The summed E-state index contributed by atoms with van der Waals surface area (Å²) in [5.74, 6) is -3.91. The van der Waals surface area contributed by atoms with Crippen LogP contribution in [0.15, 0.2) is 0 Å². The number of unbranched alkanes of at least 4 members (excludes halogenated alkanes) is 2. The molecule has 2 amide bonds. The van der Waals surface area contributed by atoms with Gasteiger partial charge in [0.05, 0.1) is 19.6 Å². The minimum atomic E-state index is -1.10. The number of nitrogens with two attached hydrogens (primary N) is 1. The first-order chi connectivity index (χ1) is 19.4. The van der Waals surface area contributed by atoms with E-state index in [0.717, 1.165) is 6.42 Å². The maximum atomic E-state index is 12.4. The van der Waals surface area contributed by atoms with Gasteiger partial charge in [0.15, 0.2) is 0 Å². The second-order valence-corrected chi connectivity index (χ2v) is 10.4. The lowest BCUT2D eigenvalue weighted by molar-refractivity contribution is -0.144. The van der Waals surface area contributed by atoms with Crippen LogP contribution in [-0.4, -0.2) is 155 Å². The van der Waals surface area contributed by atoms with Crippen molar-refractivity contribution in [2.75, 3.05) is 78.5 Å². The maximum absolute atomic E-state index is 12.4. The zero-order chi connectivity index (χ0) is 30.8. The summed E-state index contributed by atoms with van der Waals surface area (Å²) < 4.78 is 0. The van der Waals surface area contributed by atoms with E-state index in [1.165, 1.54) is 6.92 Å². The summed E-state index contributed by atoms with van der Waals surface area (Å²) in [6.07, 6.45) is 2.35. The van der Waals surface area contributed by atoms with Crippen LogP contribution in [0.1, 0.15) is 45.4 Å². The summed E-state index contributed by atoms with van der Waals surface area (Å²) in [7, 11) is 0. The summed E-state index contributed by atoms with van der Waals surface area (Å²) in [6, 6.07) is -1.01. The van der Waals surface area contributed by atoms with Crippen molar-refractivity contribution in [3.63, 3.8) is 0 Å². The van der Waals surface area contributed by atoms with E-state index >= 15 is 0 Å². The highest BCUT2D eigenvalue weighted by Gasteiger charge is 2.28.